The summed E-state index contributed by atoms with van der Waals surface area (Å²) in [7, 11) is 0. The van der Waals surface area contributed by atoms with E-state index < -0.39 is 17.9 Å². The number of aliphatic hydroxyl groups excluding tert-OH is 1. The van der Waals surface area contributed by atoms with Crippen LogP contribution < -0.4 is 9.47 Å². The number of ether oxygens (including phenoxy) is 2. The van der Waals surface area contributed by atoms with Gasteiger partial charge in [-0.25, -0.2) is 14.4 Å². The highest BCUT2D eigenvalue weighted by atomic mass is 16.5. The number of carboxylic acid groups (broad SMARTS) is 1. The van der Waals surface area contributed by atoms with Gasteiger partial charge in [0.15, 0.2) is 0 Å². The smallest absolute Gasteiger partial charge is 0.338 e. The van der Waals surface area contributed by atoms with Gasteiger partial charge in [0.05, 0.1) is 11.7 Å². The van der Waals surface area contributed by atoms with Crippen molar-refractivity contribution in [2.24, 2.45) is 46.3 Å². The number of fused-ring (bicyclic) bond motifs is 5. The van der Waals surface area contributed by atoms with E-state index in [-0.39, 0.29) is 34.3 Å². The zero-order chi connectivity index (χ0) is 36.3. The maximum atomic E-state index is 11.4. The van der Waals surface area contributed by atoms with Crippen LogP contribution in [0.4, 0.5) is 0 Å². The first-order valence-corrected chi connectivity index (χ1v) is 18.5. The Bertz CT molecular complexity index is 1410. The van der Waals surface area contributed by atoms with Crippen LogP contribution in [0.3, 0.4) is 0 Å². The minimum atomic E-state index is -1.25. The maximum Gasteiger partial charge on any atom is 0.338 e. The molecule has 0 unspecified atom stereocenters. The highest BCUT2D eigenvalue weighted by Gasteiger charge is 2.59. The molecule has 0 spiro atoms. The molecule has 270 valence electrons. The number of benzene rings is 1. The van der Waals surface area contributed by atoms with Crippen LogP contribution in [0, 0.1) is 46.3 Å². The molecule has 5 rings (SSSR count). The Morgan fingerprint density at radius 3 is 2.04 bits per heavy atom. The van der Waals surface area contributed by atoms with Crippen molar-refractivity contribution in [3.8, 4) is 11.5 Å². The Morgan fingerprint density at radius 1 is 0.878 bits per heavy atom. The Kier molecular flexibility index (Phi) is 12.4. The second-order valence-electron chi connectivity index (χ2n) is 16.5. The molecule has 0 bridgehead atoms. The van der Waals surface area contributed by atoms with Crippen LogP contribution in [0.1, 0.15) is 129 Å². The summed E-state index contributed by atoms with van der Waals surface area (Å²) in [6, 6.07) is 3.51. The van der Waals surface area contributed by atoms with Gasteiger partial charge in [-0.1, -0.05) is 78.7 Å². The van der Waals surface area contributed by atoms with E-state index in [1.54, 1.807) is 5.57 Å². The number of rotatable bonds is 10. The molecule has 0 saturated heterocycles. The van der Waals surface area contributed by atoms with Crippen LogP contribution in [0.25, 0.3) is 0 Å². The number of carbonyl (C=O) groups is 3. The van der Waals surface area contributed by atoms with Gasteiger partial charge in [-0.15, -0.1) is 0 Å². The molecule has 4 aliphatic rings. The van der Waals surface area contributed by atoms with Crippen LogP contribution in [0.15, 0.2) is 54.2 Å². The molecule has 2 N–H and O–H groups in total. The molecule has 3 fully saturated rings. The first kappa shape index (κ1) is 38.6. The zero-order valence-electron chi connectivity index (χ0n) is 31.0. The fourth-order valence-electron chi connectivity index (χ4n) is 9.87. The van der Waals surface area contributed by atoms with Crippen molar-refractivity contribution in [2.45, 2.75) is 125 Å². The van der Waals surface area contributed by atoms with Crippen LogP contribution in [0.5, 0.6) is 11.5 Å². The fourth-order valence-corrected chi connectivity index (χ4v) is 9.87. The normalized spacial score (nSPS) is 30.7. The fraction of sp³-hybridized carbons (Fsp3) is 0.643. The van der Waals surface area contributed by atoms with E-state index in [1.165, 1.54) is 77.7 Å². The minimum absolute atomic E-state index is 0.0626. The van der Waals surface area contributed by atoms with Crippen molar-refractivity contribution in [2.75, 3.05) is 0 Å². The van der Waals surface area contributed by atoms with E-state index in [0.717, 1.165) is 60.5 Å². The van der Waals surface area contributed by atoms with Crippen molar-refractivity contribution in [1.82, 2.24) is 0 Å². The van der Waals surface area contributed by atoms with Gasteiger partial charge in [0, 0.05) is 17.2 Å². The summed E-state index contributed by atoms with van der Waals surface area (Å²) >= 11 is 0. The molecule has 7 heteroatoms. The summed E-state index contributed by atoms with van der Waals surface area (Å²) in [4.78, 5) is 33.9. The Morgan fingerprint density at radius 2 is 1.49 bits per heavy atom. The van der Waals surface area contributed by atoms with Gasteiger partial charge < -0.3 is 19.7 Å². The van der Waals surface area contributed by atoms with Crippen molar-refractivity contribution in [3.63, 3.8) is 0 Å². The Hall–Kier alpha value is -3.19. The third-order valence-electron chi connectivity index (χ3n) is 12.5. The van der Waals surface area contributed by atoms with Crippen LogP contribution in [0.2, 0.25) is 0 Å². The highest BCUT2D eigenvalue weighted by Crippen LogP contribution is 2.67. The molecule has 1 aromatic rings. The van der Waals surface area contributed by atoms with Crippen molar-refractivity contribution < 1.29 is 34.1 Å². The molecule has 0 heterocycles. The lowest BCUT2D eigenvalue weighted by atomic mass is 9.47. The molecular formula is C42H60O7. The predicted molar refractivity (Wildman–Crippen MR) is 193 cm³/mol. The van der Waals surface area contributed by atoms with Gasteiger partial charge in [-0.2, -0.15) is 0 Å². The lowest BCUT2D eigenvalue weighted by Gasteiger charge is -2.58. The lowest BCUT2D eigenvalue weighted by Crippen LogP contribution is -2.50. The van der Waals surface area contributed by atoms with Gasteiger partial charge in [-0.05, 0) is 124 Å². The average molecular weight is 677 g/mol. The third kappa shape index (κ3) is 8.76. The van der Waals surface area contributed by atoms with Gasteiger partial charge in [0.2, 0.25) is 0 Å². The number of esters is 2. The molecule has 0 amide bonds. The van der Waals surface area contributed by atoms with E-state index in [2.05, 4.69) is 53.9 Å². The summed E-state index contributed by atoms with van der Waals surface area (Å²) in [5.74, 6) is 2.65. The predicted octanol–water partition coefficient (Wildman–Crippen LogP) is 9.74. The van der Waals surface area contributed by atoms with Crippen LogP contribution in [-0.2, 0) is 9.59 Å². The second kappa shape index (κ2) is 15.8. The van der Waals surface area contributed by atoms with E-state index in [4.69, 9.17) is 14.6 Å². The minimum Gasteiger partial charge on any atom is -0.478 e. The van der Waals surface area contributed by atoms with Crippen LogP contribution in [-0.4, -0.2) is 34.2 Å². The molecule has 0 aromatic heterocycles. The second-order valence-corrected chi connectivity index (χ2v) is 16.5. The third-order valence-corrected chi connectivity index (χ3v) is 12.5. The molecule has 0 aliphatic heterocycles. The highest BCUT2D eigenvalue weighted by molar-refractivity contribution is 5.92. The standard InChI is InChI=1S/C27H46O.C15H14O6/c1-18(2)7-6-8-19(3)23-11-12-24-22-10-9-20-17-21(28)13-15-26(20,4)25(22)14-16-27(23,24)5;1-8(2)14(18)20-11-5-10(13(16)17)6-12(7-11)21-15(19)9(3)4/h9,18-19,21-25,28H,6-8,10-17H2,1-5H3;5-7H,1,3H2,2,4H3,(H,16,17)/t19-,21+,22+,23-,24+,25+,26+,27-;/m1./s1. The largest absolute Gasteiger partial charge is 0.478 e. The van der Waals surface area contributed by atoms with E-state index in [9.17, 15) is 19.5 Å². The first-order valence-electron chi connectivity index (χ1n) is 18.5. The summed E-state index contributed by atoms with van der Waals surface area (Å²) in [6.45, 7) is 22.3. The number of carboxylic acids is 1. The average Bonchev–Trinajstić information content (AvgIpc) is 3.38. The van der Waals surface area contributed by atoms with E-state index in [0.29, 0.717) is 10.8 Å². The van der Waals surface area contributed by atoms with Crippen LogP contribution >= 0.6 is 0 Å². The number of allylic oxidation sites excluding steroid dienone is 1. The Labute approximate surface area is 294 Å². The zero-order valence-corrected chi connectivity index (χ0v) is 31.0. The van der Waals surface area contributed by atoms with Gasteiger partial charge in [0.1, 0.15) is 11.5 Å². The monoisotopic (exact) mass is 676 g/mol. The topological polar surface area (TPSA) is 110 Å². The SMILES string of the molecule is C=C(C)C(=O)Oc1cc(OC(=O)C(=C)C)cc(C(=O)O)c1.CC(C)CCC[C@@H](C)[C@H]1CC[C@H]2[C@@H]3CC=C4C[C@@H](O)CC[C@]4(C)[C@H]3CC[C@]12C. The molecular weight excluding hydrogens is 616 g/mol. The molecule has 4 aliphatic carbocycles. The molecule has 49 heavy (non-hydrogen) atoms. The first-order chi connectivity index (χ1) is 23.0. The number of carbonyl (C=O) groups excluding carboxylic acids is 2. The molecule has 3 saturated carbocycles. The molecule has 8 atom stereocenters. The van der Waals surface area contributed by atoms with Gasteiger partial charge in [-0.3, -0.25) is 0 Å². The number of aromatic carboxylic acids is 1. The van der Waals surface area contributed by atoms with Crippen molar-refractivity contribution in [1.29, 1.82) is 0 Å². The van der Waals surface area contributed by atoms with Gasteiger partial charge in [0.25, 0.3) is 0 Å². The summed E-state index contributed by atoms with van der Waals surface area (Å²) in [5, 5.41) is 19.2. The summed E-state index contributed by atoms with van der Waals surface area (Å²) in [5.41, 5.74) is 2.71. The maximum absolute atomic E-state index is 11.4. The number of aliphatic hydroxyl groups is 1. The van der Waals surface area contributed by atoms with Crippen molar-refractivity contribution in [3.05, 3.63) is 59.7 Å². The molecule has 1 aromatic carbocycles. The van der Waals surface area contributed by atoms with E-state index in [1.807, 2.05) is 0 Å². The van der Waals surface area contributed by atoms with Gasteiger partial charge >= 0.3 is 17.9 Å². The van der Waals surface area contributed by atoms with Crippen molar-refractivity contribution >= 4 is 17.9 Å². The molecule has 0 radical (unpaired) electrons. The summed E-state index contributed by atoms with van der Waals surface area (Å²) in [6.07, 6.45) is 17.2. The summed E-state index contributed by atoms with van der Waals surface area (Å²) < 4.78 is 9.87. The molecule has 7 nitrogen and oxygen atoms in total. The quantitative estimate of drug-likeness (QED) is 0.110. The Balaban J connectivity index is 0.000000232. The number of hydrogen-bond donors (Lipinski definition) is 2. The number of hydrogen-bond acceptors (Lipinski definition) is 6. The lowest BCUT2D eigenvalue weighted by molar-refractivity contribution is -0.130. The van der Waals surface area contributed by atoms with E-state index >= 15 is 0 Å².